The summed E-state index contributed by atoms with van der Waals surface area (Å²) in [7, 11) is 0. The van der Waals surface area contributed by atoms with Crippen LogP contribution in [0.2, 0.25) is 5.02 Å². The molecule has 10 heteroatoms. The predicted octanol–water partition coefficient (Wildman–Crippen LogP) is 5.31. The fourth-order valence-corrected chi connectivity index (χ4v) is 3.01. The number of hydrogen-bond donors (Lipinski definition) is 1. The van der Waals surface area contributed by atoms with Crippen molar-refractivity contribution >= 4 is 35.7 Å². The summed E-state index contributed by atoms with van der Waals surface area (Å²) in [6.07, 6.45) is 1.46. The summed E-state index contributed by atoms with van der Waals surface area (Å²) in [6.45, 7) is 0. The Hall–Kier alpha value is -3.56. The summed E-state index contributed by atoms with van der Waals surface area (Å²) in [4.78, 5) is 10.8. The summed E-state index contributed by atoms with van der Waals surface area (Å²) < 4.78 is 7.46. The normalized spacial score (nSPS) is 11.2. The molecular formula is C19H12ClN5O3S. The van der Waals surface area contributed by atoms with E-state index < -0.39 is 4.92 Å². The van der Waals surface area contributed by atoms with Crippen LogP contribution in [0.3, 0.4) is 0 Å². The third kappa shape index (κ3) is 3.86. The van der Waals surface area contributed by atoms with E-state index in [9.17, 15) is 10.1 Å². The van der Waals surface area contributed by atoms with Crippen LogP contribution in [0.25, 0.3) is 22.7 Å². The zero-order valence-corrected chi connectivity index (χ0v) is 16.2. The summed E-state index contributed by atoms with van der Waals surface area (Å²) >= 11 is 11.2. The first-order valence-corrected chi connectivity index (χ1v) is 9.13. The average Bonchev–Trinajstić information content (AvgIpc) is 3.34. The first-order valence-electron chi connectivity index (χ1n) is 8.34. The van der Waals surface area contributed by atoms with Crippen molar-refractivity contribution in [1.82, 2.24) is 14.9 Å². The van der Waals surface area contributed by atoms with Crippen LogP contribution >= 0.6 is 23.8 Å². The predicted molar refractivity (Wildman–Crippen MR) is 112 cm³/mol. The highest BCUT2D eigenvalue weighted by molar-refractivity contribution is 7.71. The summed E-state index contributed by atoms with van der Waals surface area (Å²) in [5, 5.41) is 23.1. The number of nitrogens with one attached hydrogen (secondary N) is 1. The second-order valence-corrected chi connectivity index (χ2v) is 6.72. The van der Waals surface area contributed by atoms with E-state index in [1.807, 2.05) is 0 Å². The fraction of sp³-hybridized carbons (Fsp3) is 0. The van der Waals surface area contributed by atoms with Gasteiger partial charge < -0.3 is 4.42 Å². The second kappa shape index (κ2) is 7.82. The van der Waals surface area contributed by atoms with Gasteiger partial charge in [-0.2, -0.15) is 14.9 Å². The Morgan fingerprint density at radius 1 is 1.17 bits per heavy atom. The first kappa shape index (κ1) is 18.8. The average molecular weight is 426 g/mol. The number of rotatable bonds is 5. The Bertz CT molecular complexity index is 1270. The smallest absolute Gasteiger partial charge is 0.280 e. The van der Waals surface area contributed by atoms with E-state index in [0.717, 1.165) is 5.56 Å². The third-order valence-electron chi connectivity index (χ3n) is 4.05. The highest BCUT2D eigenvalue weighted by atomic mass is 35.5. The molecule has 0 saturated carbocycles. The molecule has 0 unspecified atom stereocenters. The van der Waals surface area contributed by atoms with Crippen LogP contribution in [-0.4, -0.2) is 26.0 Å². The molecule has 0 aliphatic carbocycles. The zero-order chi connectivity index (χ0) is 20.4. The van der Waals surface area contributed by atoms with Crippen molar-refractivity contribution < 1.29 is 9.34 Å². The maximum Gasteiger partial charge on any atom is 0.280 e. The minimum absolute atomic E-state index is 0.0348. The van der Waals surface area contributed by atoms with Gasteiger partial charge in [0, 0.05) is 16.7 Å². The molecule has 0 fully saturated rings. The lowest BCUT2D eigenvalue weighted by Gasteiger charge is -2.01. The van der Waals surface area contributed by atoms with E-state index in [1.165, 1.54) is 17.0 Å². The summed E-state index contributed by atoms with van der Waals surface area (Å²) in [5.41, 5.74) is 1.13. The number of halogens is 1. The topological polar surface area (TPSA) is 102 Å². The number of benzene rings is 2. The molecule has 4 aromatic rings. The molecule has 0 radical (unpaired) electrons. The standard InChI is InChI=1S/C19H12ClN5O3S/c20-13-7-5-12(6-8-13)18-22-23-19(29)24(18)21-11-14-9-10-17(28-14)15-3-1-2-4-16(15)25(26)27/h1-11H,(H,23,29)/b21-11+. The third-order valence-corrected chi connectivity index (χ3v) is 4.56. The molecule has 0 bridgehead atoms. The largest absolute Gasteiger partial charge is 0.455 e. The highest BCUT2D eigenvalue weighted by Gasteiger charge is 2.17. The Labute approximate surface area is 174 Å². The summed E-state index contributed by atoms with van der Waals surface area (Å²) in [5.74, 6) is 1.28. The lowest BCUT2D eigenvalue weighted by Crippen LogP contribution is -1.94. The van der Waals surface area contributed by atoms with Crippen molar-refractivity contribution in [1.29, 1.82) is 0 Å². The van der Waals surface area contributed by atoms with E-state index >= 15 is 0 Å². The van der Waals surface area contributed by atoms with Crippen molar-refractivity contribution in [2.24, 2.45) is 5.10 Å². The van der Waals surface area contributed by atoms with Crippen LogP contribution in [0.5, 0.6) is 0 Å². The molecular weight excluding hydrogens is 414 g/mol. The van der Waals surface area contributed by atoms with Gasteiger partial charge in [-0.25, -0.2) is 5.10 Å². The van der Waals surface area contributed by atoms with Gasteiger partial charge in [-0.05, 0) is 54.7 Å². The van der Waals surface area contributed by atoms with Gasteiger partial charge >= 0.3 is 0 Å². The van der Waals surface area contributed by atoms with Crippen molar-refractivity contribution in [3.8, 4) is 22.7 Å². The van der Waals surface area contributed by atoms with Gasteiger partial charge in [0.15, 0.2) is 5.82 Å². The Kier molecular flexibility index (Phi) is 5.07. The van der Waals surface area contributed by atoms with E-state index in [-0.39, 0.29) is 5.69 Å². The van der Waals surface area contributed by atoms with E-state index in [1.54, 1.807) is 54.6 Å². The molecule has 4 rings (SSSR count). The van der Waals surface area contributed by atoms with Crippen LogP contribution in [-0.2, 0) is 0 Å². The van der Waals surface area contributed by atoms with E-state index in [2.05, 4.69) is 15.3 Å². The van der Waals surface area contributed by atoms with Crippen LogP contribution in [0, 0.1) is 14.9 Å². The van der Waals surface area contributed by atoms with Crippen LogP contribution in [0.4, 0.5) is 5.69 Å². The van der Waals surface area contributed by atoms with Crippen LogP contribution < -0.4 is 0 Å². The molecule has 144 valence electrons. The number of nitro groups is 1. The van der Waals surface area contributed by atoms with Crippen molar-refractivity contribution in [2.75, 3.05) is 0 Å². The number of nitro benzene ring substituents is 1. The van der Waals surface area contributed by atoms with Crippen molar-refractivity contribution in [2.45, 2.75) is 0 Å². The molecule has 0 aliphatic heterocycles. The van der Waals surface area contributed by atoms with Gasteiger partial charge in [-0.3, -0.25) is 10.1 Å². The maximum atomic E-state index is 11.2. The van der Waals surface area contributed by atoms with Gasteiger partial charge in [-0.15, -0.1) is 0 Å². The molecule has 0 atom stereocenters. The molecule has 2 aromatic heterocycles. The first-order chi connectivity index (χ1) is 14.0. The number of H-pyrrole nitrogens is 1. The maximum absolute atomic E-state index is 11.2. The van der Waals surface area contributed by atoms with E-state index in [4.69, 9.17) is 28.2 Å². The molecule has 1 N–H and O–H groups in total. The minimum atomic E-state index is -0.450. The number of para-hydroxylation sites is 1. The van der Waals surface area contributed by atoms with Gasteiger partial charge in [0.2, 0.25) is 4.77 Å². The Balaban J connectivity index is 1.66. The number of aromatic amines is 1. The van der Waals surface area contributed by atoms with Crippen molar-refractivity contribution in [3.05, 3.63) is 86.3 Å². The monoisotopic (exact) mass is 425 g/mol. The fourth-order valence-electron chi connectivity index (χ4n) is 2.71. The number of aromatic nitrogens is 3. The van der Waals surface area contributed by atoms with Gasteiger partial charge in [0.25, 0.3) is 5.69 Å². The SMILES string of the molecule is O=[N+]([O-])c1ccccc1-c1ccc(/C=N/n2c(-c3ccc(Cl)cc3)n[nH]c2=S)o1. The minimum Gasteiger partial charge on any atom is -0.455 e. The molecule has 2 aromatic carbocycles. The zero-order valence-electron chi connectivity index (χ0n) is 14.7. The van der Waals surface area contributed by atoms with Crippen LogP contribution in [0.1, 0.15) is 5.76 Å². The van der Waals surface area contributed by atoms with E-state index in [0.29, 0.717) is 32.7 Å². The quantitative estimate of drug-likeness (QED) is 0.202. The number of furan rings is 1. The molecule has 2 heterocycles. The lowest BCUT2D eigenvalue weighted by atomic mass is 10.1. The molecule has 0 spiro atoms. The molecule has 29 heavy (non-hydrogen) atoms. The van der Waals surface area contributed by atoms with Crippen LogP contribution in [0.15, 0.2) is 70.2 Å². The molecule has 0 aliphatic rings. The Morgan fingerprint density at radius 3 is 2.69 bits per heavy atom. The number of nitrogens with zero attached hydrogens (tertiary/aromatic N) is 4. The Morgan fingerprint density at radius 2 is 1.93 bits per heavy atom. The summed E-state index contributed by atoms with van der Waals surface area (Å²) in [6, 6.07) is 16.8. The van der Waals surface area contributed by atoms with Gasteiger partial charge in [-0.1, -0.05) is 23.7 Å². The van der Waals surface area contributed by atoms with Gasteiger partial charge in [0.1, 0.15) is 11.5 Å². The second-order valence-electron chi connectivity index (χ2n) is 5.89. The molecule has 0 amide bonds. The highest BCUT2D eigenvalue weighted by Crippen LogP contribution is 2.30. The van der Waals surface area contributed by atoms with Gasteiger partial charge in [0.05, 0.1) is 16.7 Å². The molecule has 0 saturated heterocycles. The number of hydrogen-bond acceptors (Lipinski definition) is 6. The molecule has 8 nitrogen and oxygen atoms in total. The van der Waals surface area contributed by atoms with Crippen molar-refractivity contribution in [3.63, 3.8) is 0 Å². The lowest BCUT2D eigenvalue weighted by molar-refractivity contribution is -0.384.